The number of benzene rings is 1. The van der Waals surface area contributed by atoms with Gasteiger partial charge in [-0.3, -0.25) is 9.59 Å². The van der Waals surface area contributed by atoms with Crippen molar-refractivity contribution >= 4 is 11.8 Å². The molecule has 0 spiro atoms. The van der Waals surface area contributed by atoms with Gasteiger partial charge >= 0.3 is 5.97 Å². The predicted molar refractivity (Wildman–Crippen MR) is 82.8 cm³/mol. The van der Waals surface area contributed by atoms with Gasteiger partial charge in [0.15, 0.2) is 0 Å². The Morgan fingerprint density at radius 1 is 1.10 bits per heavy atom. The van der Waals surface area contributed by atoms with Crippen molar-refractivity contribution < 1.29 is 19.4 Å². The van der Waals surface area contributed by atoms with Gasteiger partial charge in [-0.05, 0) is 32.3 Å². The van der Waals surface area contributed by atoms with Gasteiger partial charge in [-0.15, -0.1) is 0 Å². The fourth-order valence-electron chi connectivity index (χ4n) is 1.77. The number of carbonyl (C=O) groups is 2. The van der Waals surface area contributed by atoms with E-state index in [0.717, 1.165) is 12.0 Å². The average molecular weight is 294 g/mol. The third kappa shape index (κ3) is 7.61. The Hall–Kier alpha value is -1.68. The summed E-state index contributed by atoms with van der Waals surface area (Å²) in [7, 11) is 0. The van der Waals surface area contributed by atoms with Crippen LogP contribution < -0.4 is 0 Å². The Labute approximate surface area is 127 Å². The Morgan fingerprint density at radius 3 is 2.05 bits per heavy atom. The van der Waals surface area contributed by atoms with E-state index in [2.05, 4.69) is 0 Å². The number of carbonyl (C=O) groups excluding carboxylic acids is 2. The Balaban J connectivity index is 0.000000382. The molecule has 1 aromatic rings. The summed E-state index contributed by atoms with van der Waals surface area (Å²) >= 11 is 0. The summed E-state index contributed by atoms with van der Waals surface area (Å²) in [4.78, 5) is 21.8. The van der Waals surface area contributed by atoms with Crippen molar-refractivity contribution in [2.24, 2.45) is 5.92 Å². The van der Waals surface area contributed by atoms with Crippen molar-refractivity contribution in [2.45, 2.75) is 46.6 Å². The molecule has 0 amide bonds. The fraction of sp³-hybridized carbons (Fsp3) is 0.529. The molecule has 0 heterocycles. The van der Waals surface area contributed by atoms with Crippen molar-refractivity contribution in [3.8, 4) is 0 Å². The van der Waals surface area contributed by atoms with Gasteiger partial charge in [-0.25, -0.2) is 0 Å². The summed E-state index contributed by atoms with van der Waals surface area (Å²) in [6.07, 6.45) is 1.01. The molecule has 2 atom stereocenters. The molecule has 21 heavy (non-hydrogen) atoms. The molecule has 4 heteroatoms. The van der Waals surface area contributed by atoms with Crippen LogP contribution in [0.1, 0.15) is 52.2 Å². The van der Waals surface area contributed by atoms with Gasteiger partial charge in [0, 0.05) is 0 Å². The van der Waals surface area contributed by atoms with E-state index < -0.39 is 11.9 Å². The van der Waals surface area contributed by atoms with Crippen molar-refractivity contribution in [3.63, 3.8) is 0 Å². The lowest BCUT2D eigenvalue weighted by atomic mass is 10.0. The molecule has 1 N–H and O–H groups in total. The van der Waals surface area contributed by atoms with Crippen molar-refractivity contribution in [3.05, 3.63) is 35.9 Å². The number of rotatable bonds is 6. The monoisotopic (exact) mass is 294 g/mol. The molecule has 0 aliphatic carbocycles. The highest BCUT2D eigenvalue weighted by molar-refractivity contribution is 5.97. The number of hydrogen-bond donors (Lipinski definition) is 1. The molecular formula is C17H26O4. The smallest absolute Gasteiger partial charge is 0.316 e. The zero-order valence-corrected chi connectivity index (χ0v) is 13.3. The second-order valence-corrected chi connectivity index (χ2v) is 4.66. The van der Waals surface area contributed by atoms with E-state index >= 15 is 0 Å². The van der Waals surface area contributed by atoms with Crippen LogP contribution in [-0.2, 0) is 14.3 Å². The molecule has 0 aliphatic rings. The zero-order chi connectivity index (χ0) is 16.3. The first-order valence-electron chi connectivity index (χ1n) is 7.37. The molecule has 0 radical (unpaired) electrons. The van der Waals surface area contributed by atoms with Crippen LogP contribution in [0.5, 0.6) is 0 Å². The lowest BCUT2D eigenvalue weighted by Crippen LogP contribution is -2.23. The van der Waals surface area contributed by atoms with Crippen LogP contribution in [0.2, 0.25) is 0 Å². The lowest BCUT2D eigenvalue weighted by molar-refractivity contribution is -0.151. The van der Waals surface area contributed by atoms with Crippen LogP contribution in [0.15, 0.2) is 30.3 Å². The second kappa shape index (κ2) is 11.0. The van der Waals surface area contributed by atoms with Gasteiger partial charge in [0.1, 0.15) is 11.7 Å². The van der Waals surface area contributed by atoms with Crippen LogP contribution in [0.25, 0.3) is 0 Å². The maximum absolute atomic E-state index is 11.0. The molecule has 1 rings (SSSR count). The molecule has 1 aromatic carbocycles. The van der Waals surface area contributed by atoms with Gasteiger partial charge in [-0.1, -0.05) is 44.2 Å². The molecular weight excluding hydrogens is 268 g/mol. The molecule has 2 unspecified atom stereocenters. The normalized spacial score (nSPS) is 12.6. The standard InChI is InChI=1S/C9H12O.C8H14O3/c1-2-9(10)8-6-4-3-5-7-8;1-4-7(6(3)9)8(10)11-5-2/h3-7,9-10H,2H2,1H3;7H,4-5H2,1-3H3. The SMILES string of the molecule is CCC(O)c1ccccc1.CCOC(=O)C(CC)C(C)=O. The summed E-state index contributed by atoms with van der Waals surface area (Å²) in [5.74, 6) is -1.08. The van der Waals surface area contributed by atoms with Crippen LogP contribution in [0.4, 0.5) is 0 Å². The highest BCUT2D eigenvalue weighted by Gasteiger charge is 2.21. The quantitative estimate of drug-likeness (QED) is 0.646. The summed E-state index contributed by atoms with van der Waals surface area (Å²) in [5, 5.41) is 9.33. The van der Waals surface area contributed by atoms with Crippen LogP contribution in [-0.4, -0.2) is 23.5 Å². The van der Waals surface area contributed by atoms with E-state index in [0.29, 0.717) is 13.0 Å². The molecule has 0 saturated carbocycles. The van der Waals surface area contributed by atoms with Crippen LogP contribution >= 0.6 is 0 Å². The Bertz CT molecular complexity index is 414. The first-order valence-corrected chi connectivity index (χ1v) is 7.37. The van der Waals surface area contributed by atoms with Gasteiger partial charge in [-0.2, -0.15) is 0 Å². The molecule has 4 nitrogen and oxygen atoms in total. The summed E-state index contributed by atoms with van der Waals surface area (Å²) in [6.45, 7) is 7.24. The minimum atomic E-state index is -0.560. The van der Waals surface area contributed by atoms with E-state index in [4.69, 9.17) is 4.74 Å². The molecule has 0 aliphatic heterocycles. The minimum absolute atomic E-state index is 0.119. The first kappa shape index (κ1) is 19.3. The zero-order valence-electron chi connectivity index (χ0n) is 13.3. The number of ketones is 1. The largest absolute Gasteiger partial charge is 0.465 e. The number of esters is 1. The van der Waals surface area contributed by atoms with Gasteiger partial charge in [0.05, 0.1) is 12.7 Å². The van der Waals surface area contributed by atoms with Crippen molar-refractivity contribution in [1.82, 2.24) is 0 Å². The Kier molecular flexibility index (Phi) is 10.1. The van der Waals surface area contributed by atoms with Crippen LogP contribution in [0, 0.1) is 5.92 Å². The first-order chi connectivity index (χ1) is 9.97. The Morgan fingerprint density at radius 2 is 1.67 bits per heavy atom. The van der Waals surface area contributed by atoms with E-state index in [1.165, 1.54) is 6.92 Å². The van der Waals surface area contributed by atoms with Crippen molar-refractivity contribution in [2.75, 3.05) is 6.61 Å². The van der Waals surface area contributed by atoms with Gasteiger partial charge in [0.2, 0.25) is 0 Å². The molecule has 0 bridgehead atoms. The number of ether oxygens (including phenoxy) is 1. The summed E-state index contributed by atoms with van der Waals surface area (Å²) in [6, 6.07) is 9.70. The van der Waals surface area contributed by atoms with E-state index in [9.17, 15) is 14.7 Å². The maximum atomic E-state index is 11.0. The fourth-order valence-corrected chi connectivity index (χ4v) is 1.77. The second-order valence-electron chi connectivity index (χ2n) is 4.66. The predicted octanol–water partition coefficient (Wildman–Crippen LogP) is 3.29. The number of aliphatic hydroxyl groups is 1. The number of Topliss-reactive ketones (excluding diaryl/α,β-unsaturated/α-hetero) is 1. The third-order valence-electron chi connectivity index (χ3n) is 3.04. The molecule has 0 saturated heterocycles. The van der Waals surface area contributed by atoms with E-state index in [1.54, 1.807) is 13.8 Å². The number of aliphatic hydroxyl groups excluding tert-OH is 1. The third-order valence-corrected chi connectivity index (χ3v) is 3.04. The highest BCUT2D eigenvalue weighted by atomic mass is 16.5. The molecule has 118 valence electrons. The van der Waals surface area contributed by atoms with E-state index in [-0.39, 0.29) is 11.9 Å². The summed E-state index contributed by atoms with van der Waals surface area (Å²) in [5.41, 5.74) is 1.00. The van der Waals surface area contributed by atoms with Crippen molar-refractivity contribution in [1.29, 1.82) is 0 Å². The average Bonchev–Trinajstić information content (AvgIpc) is 2.48. The topological polar surface area (TPSA) is 63.6 Å². The molecule has 0 aromatic heterocycles. The highest BCUT2D eigenvalue weighted by Crippen LogP contribution is 2.14. The van der Waals surface area contributed by atoms with Gasteiger partial charge < -0.3 is 9.84 Å². The lowest BCUT2D eigenvalue weighted by Gasteiger charge is -2.08. The van der Waals surface area contributed by atoms with Gasteiger partial charge in [0.25, 0.3) is 0 Å². The van der Waals surface area contributed by atoms with Crippen LogP contribution in [0.3, 0.4) is 0 Å². The minimum Gasteiger partial charge on any atom is -0.465 e. The van der Waals surface area contributed by atoms with E-state index in [1.807, 2.05) is 37.3 Å². The number of hydrogen-bond acceptors (Lipinski definition) is 4. The molecule has 0 fully saturated rings. The maximum Gasteiger partial charge on any atom is 0.316 e. The summed E-state index contributed by atoms with van der Waals surface area (Å²) < 4.78 is 4.70.